The molecule has 0 fully saturated rings. The van der Waals surface area contributed by atoms with Crippen LogP contribution in [0.2, 0.25) is 0 Å². The predicted octanol–water partition coefficient (Wildman–Crippen LogP) is 4.67. The summed E-state index contributed by atoms with van der Waals surface area (Å²) in [6.07, 6.45) is 0. The quantitative estimate of drug-likeness (QED) is 0.847. The molecule has 1 amide bonds. The number of hydrogen-bond acceptors (Lipinski definition) is 2. The monoisotopic (exact) mass is 346 g/mol. The van der Waals surface area contributed by atoms with E-state index in [1.54, 1.807) is 0 Å². The normalized spacial score (nSPS) is 10.3. The Hall–Kier alpha value is -1.81. The summed E-state index contributed by atoms with van der Waals surface area (Å²) in [5, 5.41) is 6.09. The zero-order valence-electron chi connectivity index (χ0n) is 12.7. The van der Waals surface area contributed by atoms with Crippen LogP contribution in [0, 0.1) is 20.8 Å². The van der Waals surface area contributed by atoms with Crippen molar-refractivity contribution >= 4 is 33.2 Å². The van der Waals surface area contributed by atoms with Crippen molar-refractivity contribution in [1.29, 1.82) is 0 Å². The molecule has 4 heteroatoms. The number of carbonyl (C=O) groups is 1. The molecular weight excluding hydrogens is 328 g/mol. The standard InChI is InChI=1S/C17H19BrN2O/c1-10-9-14(19-4)5-6-15(10)17(21)20-16-11(2)7-13(18)8-12(16)3/h5-9,19H,1-4H3,(H,20,21). The number of hydrogen-bond donors (Lipinski definition) is 2. The molecule has 0 unspecified atom stereocenters. The highest BCUT2D eigenvalue weighted by atomic mass is 79.9. The molecule has 0 atom stereocenters. The Bertz CT molecular complexity index is 672. The molecule has 0 aliphatic carbocycles. The SMILES string of the molecule is CNc1ccc(C(=O)Nc2c(C)cc(Br)cc2C)c(C)c1. The molecule has 0 radical (unpaired) electrons. The molecule has 3 nitrogen and oxygen atoms in total. The number of halogens is 1. The highest BCUT2D eigenvalue weighted by Crippen LogP contribution is 2.26. The van der Waals surface area contributed by atoms with Gasteiger partial charge in [-0.2, -0.15) is 0 Å². The number of nitrogens with one attached hydrogen (secondary N) is 2. The predicted molar refractivity (Wildman–Crippen MR) is 92.3 cm³/mol. The van der Waals surface area contributed by atoms with Crippen LogP contribution in [-0.4, -0.2) is 13.0 Å². The molecule has 0 spiro atoms. The van der Waals surface area contributed by atoms with Crippen LogP contribution in [0.3, 0.4) is 0 Å². The topological polar surface area (TPSA) is 41.1 Å². The number of rotatable bonds is 3. The fourth-order valence-electron chi connectivity index (χ4n) is 2.36. The van der Waals surface area contributed by atoms with E-state index in [4.69, 9.17) is 0 Å². The molecule has 0 aliphatic heterocycles. The first-order valence-corrected chi connectivity index (χ1v) is 7.58. The molecule has 0 aliphatic rings. The lowest BCUT2D eigenvalue weighted by atomic mass is 10.1. The zero-order valence-corrected chi connectivity index (χ0v) is 14.3. The summed E-state index contributed by atoms with van der Waals surface area (Å²) < 4.78 is 1.02. The second-order valence-electron chi connectivity index (χ2n) is 5.15. The van der Waals surface area contributed by atoms with E-state index in [0.717, 1.165) is 32.5 Å². The first kappa shape index (κ1) is 15.6. The van der Waals surface area contributed by atoms with E-state index in [0.29, 0.717) is 5.56 Å². The van der Waals surface area contributed by atoms with Crippen LogP contribution < -0.4 is 10.6 Å². The van der Waals surface area contributed by atoms with Crippen molar-refractivity contribution in [2.45, 2.75) is 20.8 Å². The van der Waals surface area contributed by atoms with Gasteiger partial charge in [-0.05, 0) is 67.8 Å². The van der Waals surface area contributed by atoms with Crippen LogP contribution in [0.25, 0.3) is 0 Å². The molecule has 0 saturated heterocycles. The molecular formula is C17H19BrN2O. The molecule has 2 rings (SSSR count). The molecule has 21 heavy (non-hydrogen) atoms. The summed E-state index contributed by atoms with van der Waals surface area (Å²) in [4.78, 5) is 12.5. The van der Waals surface area contributed by atoms with Gasteiger partial charge in [-0.3, -0.25) is 4.79 Å². The molecule has 0 heterocycles. The van der Waals surface area contributed by atoms with Crippen LogP contribution in [0.5, 0.6) is 0 Å². The molecule has 2 aromatic carbocycles. The lowest BCUT2D eigenvalue weighted by Gasteiger charge is -2.14. The molecule has 110 valence electrons. The summed E-state index contributed by atoms with van der Waals surface area (Å²) in [6.45, 7) is 5.92. The Labute approximate surface area is 133 Å². The summed E-state index contributed by atoms with van der Waals surface area (Å²) in [7, 11) is 1.86. The van der Waals surface area contributed by atoms with Gasteiger partial charge in [-0.1, -0.05) is 15.9 Å². The third kappa shape index (κ3) is 3.45. The van der Waals surface area contributed by atoms with Crippen molar-refractivity contribution in [3.63, 3.8) is 0 Å². The lowest BCUT2D eigenvalue weighted by Crippen LogP contribution is -2.15. The van der Waals surface area contributed by atoms with Crippen molar-refractivity contribution < 1.29 is 4.79 Å². The third-order valence-corrected chi connectivity index (χ3v) is 3.95. The van der Waals surface area contributed by atoms with Crippen LogP contribution in [-0.2, 0) is 0 Å². The Balaban J connectivity index is 2.30. The van der Waals surface area contributed by atoms with Gasteiger partial charge < -0.3 is 10.6 Å². The van der Waals surface area contributed by atoms with Gasteiger partial charge in [-0.25, -0.2) is 0 Å². The second kappa shape index (κ2) is 6.31. The van der Waals surface area contributed by atoms with Gasteiger partial charge in [0.1, 0.15) is 0 Å². The summed E-state index contributed by atoms with van der Waals surface area (Å²) >= 11 is 3.47. The zero-order chi connectivity index (χ0) is 15.6. The van der Waals surface area contributed by atoms with Gasteiger partial charge in [0.15, 0.2) is 0 Å². The maximum Gasteiger partial charge on any atom is 0.255 e. The van der Waals surface area contributed by atoms with E-state index in [1.165, 1.54) is 0 Å². The minimum absolute atomic E-state index is 0.0799. The number of aryl methyl sites for hydroxylation is 3. The van der Waals surface area contributed by atoms with Gasteiger partial charge in [0.2, 0.25) is 0 Å². The maximum absolute atomic E-state index is 12.5. The van der Waals surface area contributed by atoms with Gasteiger partial charge in [0, 0.05) is 28.5 Å². The van der Waals surface area contributed by atoms with Crippen LogP contribution in [0.15, 0.2) is 34.8 Å². The Kier molecular flexibility index (Phi) is 4.68. The molecule has 2 aromatic rings. The van der Waals surface area contributed by atoms with Gasteiger partial charge >= 0.3 is 0 Å². The minimum atomic E-state index is -0.0799. The average molecular weight is 347 g/mol. The van der Waals surface area contributed by atoms with E-state index in [9.17, 15) is 4.79 Å². The fourth-order valence-corrected chi connectivity index (χ4v) is 3.05. The Morgan fingerprint density at radius 3 is 2.14 bits per heavy atom. The fraction of sp³-hybridized carbons (Fsp3) is 0.235. The number of anilines is 2. The summed E-state index contributed by atoms with van der Waals surface area (Å²) in [5.74, 6) is -0.0799. The van der Waals surface area contributed by atoms with Crippen molar-refractivity contribution in [2.24, 2.45) is 0 Å². The van der Waals surface area contributed by atoms with Crippen molar-refractivity contribution in [2.75, 3.05) is 17.7 Å². The maximum atomic E-state index is 12.5. The molecule has 0 aromatic heterocycles. The number of amides is 1. The van der Waals surface area contributed by atoms with Crippen LogP contribution in [0.4, 0.5) is 11.4 Å². The highest BCUT2D eigenvalue weighted by Gasteiger charge is 2.12. The summed E-state index contributed by atoms with van der Waals surface area (Å²) in [5.41, 5.74) is 5.60. The Morgan fingerprint density at radius 2 is 1.62 bits per heavy atom. The third-order valence-electron chi connectivity index (χ3n) is 3.50. The van der Waals surface area contributed by atoms with Crippen molar-refractivity contribution in [3.05, 3.63) is 57.1 Å². The largest absolute Gasteiger partial charge is 0.388 e. The first-order chi connectivity index (χ1) is 9.92. The van der Waals surface area contributed by atoms with E-state index in [1.807, 2.05) is 58.2 Å². The van der Waals surface area contributed by atoms with Crippen molar-refractivity contribution in [3.8, 4) is 0 Å². The second-order valence-corrected chi connectivity index (χ2v) is 6.06. The first-order valence-electron chi connectivity index (χ1n) is 6.79. The van der Waals surface area contributed by atoms with E-state index in [-0.39, 0.29) is 5.91 Å². The smallest absolute Gasteiger partial charge is 0.255 e. The van der Waals surface area contributed by atoms with Gasteiger partial charge in [0.25, 0.3) is 5.91 Å². The lowest BCUT2D eigenvalue weighted by molar-refractivity contribution is 0.102. The molecule has 0 saturated carbocycles. The van der Waals surface area contributed by atoms with E-state index in [2.05, 4.69) is 26.6 Å². The highest BCUT2D eigenvalue weighted by molar-refractivity contribution is 9.10. The van der Waals surface area contributed by atoms with Gasteiger partial charge in [0.05, 0.1) is 0 Å². The number of carbonyl (C=O) groups excluding carboxylic acids is 1. The molecule has 0 bridgehead atoms. The van der Waals surface area contributed by atoms with Crippen LogP contribution >= 0.6 is 15.9 Å². The summed E-state index contributed by atoms with van der Waals surface area (Å²) in [6, 6.07) is 9.72. The van der Waals surface area contributed by atoms with E-state index >= 15 is 0 Å². The number of benzene rings is 2. The minimum Gasteiger partial charge on any atom is -0.388 e. The van der Waals surface area contributed by atoms with Crippen LogP contribution in [0.1, 0.15) is 27.0 Å². The molecule has 2 N–H and O–H groups in total. The van der Waals surface area contributed by atoms with E-state index < -0.39 is 0 Å². The Morgan fingerprint density at radius 1 is 1.00 bits per heavy atom. The van der Waals surface area contributed by atoms with Crippen molar-refractivity contribution in [1.82, 2.24) is 0 Å². The average Bonchev–Trinajstić information content (AvgIpc) is 2.42. The van der Waals surface area contributed by atoms with Gasteiger partial charge in [-0.15, -0.1) is 0 Å².